The van der Waals surface area contributed by atoms with Crippen LogP contribution in [0.3, 0.4) is 0 Å². The van der Waals surface area contributed by atoms with Crippen LogP contribution in [0.2, 0.25) is 0 Å². The van der Waals surface area contributed by atoms with Gasteiger partial charge in [0.15, 0.2) is 5.69 Å². The molecule has 0 fully saturated rings. The minimum absolute atomic E-state index is 0.0240. The molecule has 0 radical (unpaired) electrons. The van der Waals surface area contributed by atoms with Gasteiger partial charge in [-0.15, -0.1) is 0 Å². The maximum atomic E-state index is 13.1. The number of aromatic nitrogens is 1. The fourth-order valence-electron chi connectivity index (χ4n) is 3.55. The highest BCUT2D eigenvalue weighted by Gasteiger charge is 2.34. The van der Waals surface area contributed by atoms with E-state index in [4.69, 9.17) is 4.74 Å². The van der Waals surface area contributed by atoms with Gasteiger partial charge in [-0.2, -0.15) is 4.57 Å². The molecule has 0 saturated carbocycles. The van der Waals surface area contributed by atoms with Crippen molar-refractivity contribution in [2.45, 2.75) is 47.0 Å². The number of nitrogens with zero attached hydrogens (tertiary/aromatic N) is 1. The van der Waals surface area contributed by atoms with Crippen molar-refractivity contribution in [3.05, 3.63) is 52.7 Å². The zero-order valence-electron chi connectivity index (χ0n) is 17.5. The van der Waals surface area contributed by atoms with Gasteiger partial charge in [0, 0.05) is 12.0 Å². The summed E-state index contributed by atoms with van der Waals surface area (Å²) >= 11 is 1.29. The van der Waals surface area contributed by atoms with E-state index in [-0.39, 0.29) is 11.1 Å². The summed E-state index contributed by atoms with van der Waals surface area (Å²) < 4.78 is 7.54. The summed E-state index contributed by atoms with van der Waals surface area (Å²) in [5.41, 5.74) is 4.69. The second kappa shape index (κ2) is 10.4. The van der Waals surface area contributed by atoms with Crippen LogP contribution in [0.15, 0.2) is 30.3 Å². The Morgan fingerprint density at radius 3 is 2.21 bits per heavy atom. The number of benzene rings is 1. The van der Waals surface area contributed by atoms with Gasteiger partial charge in [-0.25, -0.2) is 4.79 Å². The topological polar surface area (TPSA) is 47.3 Å². The number of pyridine rings is 1. The van der Waals surface area contributed by atoms with E-state index in [1.165, 1.54) is 11.8 Å². The second-order valence-corrected chi connectivity index (χ2v) is 7.75. The highest BCUT2D eigenvalue weighted by Crippen LogP contribution is 2.31. The van der Waals surface area contributed by atoms with Crippen molar-refractivity contribution in [2.24, 2.45) is 7.05 Å². The fourth-order valence-corrected chi connectivity index (χ4v) is 4.19. The molecule has 0 saturated heterocycles. The zero-order chi connectivity index (χ0) is 20.7. The third kappa shape index (κ3) is 4.46. The lowest BCUT2D eigenvalue weighted by atomic mass is 9.92. The van der Waals surface area contributed by atoms with Gasteiger partial charge < -0.3 is 4.74 Å². The molecule has 4 nitrogen and oxygen atoms in total. The van der Waals surface area contributed by atoms with Crippen LogP contribution in [-0.4, -0.2) is 23.4 Å². The largest absolute Gasteiger partial charge is 0.462 e. The van der Waals surface area contributed by atoms with Gasteiger partial charge in [0.1, 0.15) is 12.6 Å². The van der Waals surface area contributed by atoms with Crippen molar-refractivity contribution in [3.8, 4) is 11.3 Å². The Kier molecular flexibility index (Phi) is 8.24. The fraction of sp³-hybridized carbons (Fsp3) is 0.435. The highest BCUT2D eigenvalue weighted by atomic mass is 32.2. The lowest BCUT2D eigenvalue weighted by molar-refractivity contribution is -0.668. The average molecular weight is 401 g/mol. The smallest absolute Gasteiger partial charge is 0.345 e. The van der Waals surface area contributed by atoms with Crippen LogP contribution in [0.25, 0.3) is 11.3 Å². The summed E-state index contributed by atoms with van der Waals surface area (Å²) in [6, 6.07) is 9.86. The third-order valence-corrected chi connectivity index (χ3v) is 5.48. The molecule has 0 amide bonds. The van der Waals surface area contributed by atoms with Crippen LogP contribution in [-0.2, 0) is 24.6 Å². The van der Waals surface area contributed by atoms with Crippen molar-refractivity contribution in [1.29, 1.82) is 0 Å². The van der Waals surface area contributed by atoms with Gasteiger partial charge in [-0.1, -0.05) is 57.7 Å². The van der Waals surface area contributed by atoms with Crippen LogP contribution >= 0.6 is 11.8 Å². The molecular formula is C23H30NO3S+. The molecule has 150 valence electrons. The molecule has 1 aromatic carbocycles. The van der Waals surface area contributed by atoms with Gasteiger partial charge in [0.25, 0.3) is 0 Å². The molecule has 1 heterocycles. The second-order valence-electron chi connectivity index (χ2n) is 6.51. The van der Waals surface area contributed by atoms with E-state index < -0.39 is 0 Å². The van der Waals surface area contributed by atoms with E-state index in [9.17, 15) is 9.59 Å². The maximum Gasteiger partial charge on any atom is 0.345 e. The zero-order valence-corrected chi connectivity index (χ0v) is 18.3. The highest BCUT2D eigenvalue weighted by molar-refractivity contribution is 8.14. The molecule has 0 aliphatic carbocycles. The molecule has 0 N–H and O–H groups in total. The number of ether oxygens (including phenoxy) is 1. The number of thioether (sulfide) groups is 1. The van der Waals surface area contributed by atoms with E-state index in [1.54, 1.807) is 0 Å². The van der Waals surface area contributed by atoms with Crippen molar-refractivity contribution in [2.75, 3.05) is 12.4 Å². The summed E-state index contributed by atoms with van der Waals surface area (Å²) in [7, 11) is 1.94. The standard InChI is InChI=1S/C23H30NO3S/c1-6-15-27-22(25)20-17(7-2)19(23(26)28-9-4)18(8-3)24(5)21(20)16-13-11-10-12-14-16/h10-14H,6-9,15H2,1-5H3/q+1. The van der Waals surface area contributed by atoms with Gasteiger partial charge in [-0.3, -0.25) is 4.79 Å². The quantitative estimate of drug-likeness (QED) is 0.473. The first kappa shape index (κ1) is 22.2. The van der Waals surface area contributed by atoms with Gasteiger partial charge in [0.05, 0.1) is 12.2 Å². The first-order chi connectivity index (χ1) is 13.5. The maximum absolute atomic E-state index is 13.1. The lowest BCUT2D eigenvalue weighted by Crippen LogP contribution is -2.41. The van der Waals surface area contributed by atoms with Crippen molar-refractivity contribution >= 4 is 22.8 Å². The van der Waals surface area contributed by atoms with Crippen LogP contribution < -0.4 is 4.57 Å². The van der Waals surface area contributed by atoms with E-state index in [1.807, 2.05) is 69.6 Å². The van der Waals surface area contributed by atoms with Gasteiger partial charge in [0.2, 0.25) is 10.8 Å². The van der Waals surface area contributed by atoms with Crippen LogP contribution in [0.4, 0.5) is 0 Å². The Bertz CT molecular complexity index is 847. The molecule has 0 aliphatic heterocycles. The van der Waals surface area contributed by atoms with E-state index in [2.05, 4.69) is 0 Å². The third-order valence-electron chi connectivity index (χ3n) is 4.73. The molecule has 2 rings (SSSR count). The Morgan fingerprint density at radius 1 is 1.00 bits per heavy atom. The Hall–Kier alpha value is -2.14. The van der Waals surface area contributed by atoms with Crippen LogP contribution in [0.1, 0.15) is 66.1 Å². The molecule has 0 spiro atoms. The summed E-state index contributed by atoms with van der Waals surface area (Å²) in [5, 5.41) is 0.0240. The summed E-state index contributed by atoms with van der Waals surface area (Å²) in [6.45, 7) is 8.34. The van der Waals surface area contributed by atoms with Gasteiger partial charge in [-0.05, 0) is 36.3 Å². The number of carbonyl (C=O) groups excluding carboxylic acids is 2. The number of hydrogen-bond donors (Lipinski definition) is 0. The summed E-state index contributed by atoms with van der Waals surface area (Å²) in [4.78, 5) is 26.1. The molecule has 2 aromatic rings. The Morgan fingerprint density at radius 2 is 1.68 bits per heavy atom. The lowest BCUT2D eigenvalue weighted by Gasteiger charge is -2.18. The van der Waals surface area contributed by atoms with Gasteiger partial charge >= 0.3 is 5.97 Å². The van der Waals surface area contributed by atoms with Crippen LogP contribution in [0.5, 0.6) is 0 Å². The molecule has 5 heteroatoms. The Labute approximate surface area is 172 Å². The molecular weight excluding hydrogens is 370 g/mol. The molecule has 0 unspecified atom stereocenters. The SMILES string of the molecule is CCCOC(=O)c1c(CC)c(C(=O)SCC)c(CC)[n+](C)c1-c1ccccc1. The normalized spacial score (nSPS) is 10.8. The first-order valence-electron chi connectivity index (χ1n) is 9.98. The number of rotatable bonds is 8. The predicted octanol–water partition coefficient (Wildman–Crippen LogP) is 4.76. The molecule has 0 atom stereocenters. The van der Waals surface area contributed by atoms with E-state index in [0.717, 1.165) is 28.9 Å². The van der Waals surface area contributed by atoms with Crippen LogP contribution in [0, 0.1) is 0 Å². The molecule has 1 aromatic heterocycles. The predicted molar refractivity (Wildman–Crippen MR) is 115 cm³/mol. The van der Waals surface area contributed by atoms with Crippen molar-refractivity contribution < 1.29 is 18.9 Å². The van der Waals surface area contributed by atoms with E-state index in [0.29, 0.717) is 36.3 Å². The first-order valence-corrected chi connectivity index (χ1v) is 11.0. The molecule has 0 bridgehead atoms. The summed E-state index contributed by atoms with van der Waals surface area (Å²) in [6.07, 6.45) is 2.05. The van der Waals surface area contributed by atoms with E-state index >= 15 is 0 Å². The molecule has 28 heavy (non-hydrogen) atoms. The monoisotopic (exact) mass is 400 g/mol. The number of hydrogen-bond acceptors (Lipinski definition) is 4. The summed E-state index contributed by atoms with van der Waals surface area (Å²) in [5.74, 6) is 0.344. The minimum Gasteiger partial charge on any atom is -0.462 e. The Balaban J connectivity index is 2.90. The van der Waals surface area contributed by atoms with Crippen molar-refractivity contribution in [1.82, 2.24) is 0 Å². The minimum atomic E-state index is -0.355. The van der Waals surface area contributed by atoms with Crippen molar-refractivity contribution in [3.63, 3.8) is 0 Å². The average Bonchev–Trinajstić information content (AvgIpc) is 2.71. The number of carbonyl (C=O) groups is 2. The number of esters is 1. The molecule has 0 aliphatic rings.